The second kappa shape index (κ2) is 9.99. The van der Waals surface area contributed by atoms with Crippen LogP contribution in [0, 0.1) is 0 Å². The SMILES string of the molecule is O=S(=O)(O)CCCC[P+](c1ccc(Cl)cc1)(c1ccc(Cl)cc1)c1ccc(Cl)cc1. The Labute approximate surface area is 193 Å². The molecule has 0 heterocycles. The van der Waals surface area contributed by atoms with Crippen LogP contribution in [0.25, 0.3) is 0 Å². The zero-order chi connectivity index (χ0) is 21.8. The van der Waals surface area contributed by atoms with Gasteiger partial charge < -0.3 is 0 Å². The molecule has 158 valence electrons. The maximum atomic E-state index is 11.2. The smallest absolute Gasteiger partial charge is 0.264 e. The minimum Gasteiger partial charge on any atom is -0.286 e. The number of halogens is 3. The van der Waals surface area contributed by atoms with Crippen LogP contribution in [0.4, 0.5) is 0 Å². The number of hydrogen-bond acceptors (Lipinski definition) is 2. The second-order valence-corrected chi connectivity index (χ2v) is 13.5. The lowest BCUT2D eigenvalue weighted by atomic mass is 10.3. The highest BCUT2D eigenvalue weighted by atomic mass is 35.5. The van der Waals surface area contributed by atoms with E-state index in [0.717, 1.165) is 22.1 Å². The summed E-state index contributed by atoms with van der Waals surface area (Å²) in [6.45, 7) is 0. The summed E-state index contributed by atoms with van der Waals surface area (Å²) in [5.74, 6) is -0.255. The topological polar surface area (TPSA) is 54.4 Å². The van der Waals surface area contributed by atoms with Crippen molar-refractivity contribution in [3.8, 4) is 0 Å². The molecule has 0 aliphatic carbocycles. The summed E-state index contributed by atoms with van der Waals surface area (Å²) in [4.78, 5) is 0. The van der Waals surface area contributed by atoms with E-state index in [-0.39, 0.29) is 5.75 Å². The Kier molecular flexibility index (Phi) is 7.84. The molecule has 0 aliphatic rings. The zero-order valence-corrected chi connectivity index (χ0v) is 20.0. The fourth-order valence-corrected chi connectivity index (χ4v) is 8.84. The van der Waals surface area contributed by atoms with Gasteiger partial charge in [-0.25, -0.2) is 0 Å². The molecule has 1 N–H and O–H groups in total. The Morgan fingerprint density at radius 3 is 1.27 bits per heavy atom. The van der Waals surface area contributed by atoms with Crippen LogP contribution in [-0.2, 0) is 10.1 Å². The molecular formula is C22H21Cl3O3PS+. The third kappa shape index (κ3) is 5.76. The first-order valence-electron chi connectivity index (χ1n) is 9.32. The first-order chi connectivity index (χ1) is 14.2. The fraction of sp³-hybridized carbons (Fsp3) is 0.182. The van der Waals surface area contributed by atoms with Crippen LogP contribution < -0.4 is 15.9 Å². The summed E-state index contributed by atoms with van der Waals surface area (Å²) >= 11 is 18.5. The van der Waals surface area contributed by atoms with Crippen LogP contribution in [-0.4, -0.2) is 24.9 Å². The summed E-state index contributed by atoms with van der Waals surface area (Å²) in [6, 6.07) is 23.4. The van der Waals surface area contributed by atoms with Crippen LogP contribution in [0.15, 0.2) is 72.8 Å². The van der Waals surface area contributed by atoms with Crippen molar-refractivity contribution in [2.45, 2.75) is 12.8 Å². The Balaban J connectivity index is 2.15. The largest absolute Gasteiger partial charge is 0.286 e. The second-order valence-electron chi connectivity index (χ2n) is 6.96. The summed E-state index contributed by atoms with van der Waals surface area (Å²) in [6.07, 6.45) is 1.73. The molecule has 3 nitrogen and oxygen atoms in total. The standard InChI is InChI=1S/C22H20Cl3O3PS/c23-17-3-9-20(10-4-17)29(15-1-2-16-30(26,27)28,21-11-5-18(24)6-12-21)22-13-7-19(25)8-14-22/h3-14H,1-2,15-16H2/p+1. The summed E-state index contributed by atoms with van der Waals surface area (Å²) in [5, 5.41) is 5.33. The lowest BCUT2D eigenvalue weighted by Gasteiger charge is -2.28. The van der Waals surface area contributed by atoms with Gasteiger partial charge >= 0.3 is 0 Å². The van der Waals surface area contributed by atoms with Crippen LogP contribution in [0.1, 0.15) is 12.8 Å². The van der Waals surface area contributed by atoms with Gasteiger partial charge in [-0.1, -0.05) is 34.8 Å². The molecule has 0 aromatic heterocycles. The lowest BCUT2D eigenvalue weighted by molar-refractivity contribution is 0.481. The Morgan fingerprint density at radius 2 is 0.967 bits per heavy atom. The number of benzene rings is 3. The molecule has 8 heteroatoms. The zero-order valence-electron chi connectivity index (χ0n) is 16.0. The third-order valence-electron chi connectivity index (χ3n) is 4.95. The van der Waals surface area contributed by atoms with Crippen molar-refractivity contribution in [2.24, 2.45) is 0 Å². The maximum absolute atomic E-state index is 11.2. The Hall–Kier alpha value is -1.13. The van der Waals surface area contributed by atoms with E-state index in [2.05, 4.69) is 0 Å². The average molecular weight is 503 g/mol. The highest BCUT2D eigenvalue weighted by Crippen LogP contribution is 2.56. The van der Waals surface area contributed by atoms with Gasteiger partial charge in [-0.05, 0) is 85.6 Å². The minimum atomic E-state index is -3.99. The average Bonchev–Trinajstić information content (AvgIpc) is 2.70. The van der Waals surface area contributed by atoms with Gasteiger partial charge in [0.2, 0.25) is 0 Å². The third-order valence-corrected chi connectivity index (χ3v) is 11.0. The van der Waals surface area contributed by atoms with Crippen molar-refractivity contribution in [1.29, 1.82) is 0 Å². The molecular weight excluding hydrogens is 482 g/mol. The van der Waals surface area contributed by atoms with Crippen LogP contribution in [0.2, 0.25) is 15.1 Å². The van der Waals surface area contributed by atoms with E-state index in [1.54, 1.807) is 0 Å². The highest BCUT2D eigenvalue weighted by molar-refractivity contribution is 7.95. The van der Waals surface area contributed by atoms with E-state index < -0.39 is 17.4 Å². The van der Waals surface area contributed by atoms with Gasteiger partial charge in [0.25, 0.3) is 10.1 Å². The number of hydrogen-bond donors (Lipinski definition) is 1. The predicted molar refractivity (Wildman–Crippen MR) is 131 cm³/mol. The van der Waals surface area contributed by atoms with E-state index in [0.29, 0.717) is 27.9 Å². The van der Waals surface area contributed by atoms with E-state index >= 15 is 0 Å². The van der Waals surface area contributed by atoms with E-state index in [1.807, 2.05) is 72.8 Å². The monoisotopic (exact) mass is 501 g/mol. The maximum Gasteiger partial charge on any atom is 0.264 e. The molecule has 3 aromatic carbocycles. The predicted octanol–water partition coefficient (Wildman–Crippen LogP) is 5.61. The molecule has 3 aromatic rings. The molecule has 30 heavy (non-hydrogen) atoms. The molecule has 0 amide bonds. The molecule has 0 unspecified atom stereocenters. The van der Waals surface area contributed by atoms with E-state index in [9.17, 15) is 8.42 Å². The van der Waals surface area contributed by atoms with Crippen LogP contribution in [0.5, 0.6) is 0 Å². The van der Waals surface area contributed by atoms with Crippen molar-refractivity contribution in [2.75, 3.05) is 11.9 Å². The molecule has 0 saturated carbocycles. The van der Waals surface area contributed by atoms with Gasteiger partial charge in [0.15, 0.2) is 0 Å². The highest BCUT2D eigenvalue weighted by Gasteiger charge is 2.44. The normalized spacial score (nSPS) is 12.1. The quantitative estimate of drug-likeness (QED) is 0.247. The molecule has 0 saturated heterocycles. The number of rotatable bonds is 8. The molecule has 0 bridgehead atoms. The first-order valence-corrected chi connectivity index (χ1v) is 14.0. The number of unbranched alkanes of at least 4 members (excludes halogenated alkanes) is 1. The minimum absolute atomic E-state index is 0.255. The summed E-state index contributed by atoms with van der Waals surface area (Å²) in [5.41, 5.74) is 0. The van der Waals surface area contributed by atoms with Crippen molar-refractivity contribution in [3.05, 3.63) is 87.9 Å². The molecule has 0 atom stereocenters. The van der Waals surface area contributed by atoms with Gasteiger partial charge in [-0.3, -0.25) is 4.55 Å². The van der Waals surface area contributed by atoms with E-state index in [1.165, 1.54) is 0 Å². The van der Waals surface area contributed by atoms with Crippen molar-refractivity contribution in [3.63, 3.8) is 0 Å². The van der Waals surface area contributed by atoms with Gasteiger partial charge in [0.05, 0.1) is 11.9 Å². The van der Waals surface area contributed by atoms with Crippen LogP contribution >= 0.6 is 42.1 Å². The van der Waals surface area contributed by atoms with E-state index in [4.69, 9.17) is 39.4 Å². The van der Waals surface area contributed by atoms with Crippen molar-refractivity contribution < 1.29 is 13.0 Å². The van der Waals surface area contributed by atoms with Crippen LogP contribution in [0.3, 0.4) is 0 Å². The molecule has 0 radical (unpaired) electrons. The van der Waals surface area contributed by atoms with Gasteiger partial charge in [0, 0.05) is 15.1 Å². The van der Waals surface area contributed by atoms with Gasteiger partial charge in [0.1, 0.15) is 23.2 Å². The fourth-order valence-electron chi connectivity index (χ4n) is 3.55. The van der Waals surface area contributed by atoms with Gasteiger partial charge in [-0.15, -0.1) is 0 Å². The summed E-state index contributed by atoms with van der Waals surface area (Å²) < 4.78 is 31.5. The van der Waals surface area contributed by atoms with Crippen molar-refractivity contribution in [1.82, 2.24) is 0 Å². The molecule has 0 fully saturated rings. The first kappa shape index (κ1) is 23.5. The Morgan fingerprint density at radius 1 is 0.633 bits per heavy atom. The van der Waals surface area contributed by atoms with Gasteiger partial charge in [-0.2, -0.15) is 8.42 Å². The molecule has 0 aliphatic heterocycles. The Bertz CT molecular complexity index is 973. The summed E-state index contributed by atoms with van der Waals surface area (Å²) in [7, 11) is -6.14. The van der Waals surface area contributed by atoms with Crippen molar-refractivity contribution >= 4 is 68.1 Å². The lowest BCUT2D eigenvalue weighted by Crippen LogP contribution is -2.33. The molecule has 0 spiro atoms. The molecule has 3 rings (SSSR count).